The largest absolute Gasteiger partial charge is 0.497 e. The maximum Gasteiger partial charge on any atom is 0.146 e. The molecule has 2 heterocycles. The minimum Gasteiger partial charge on any atom is -0.497 e. The molecule has 0 radical (unpaired) electrons. The van der Waals surface area contributed by atoms with Crippen LogP contribution in [0.1, 0.15) is 39.3 Å². The van der Waals surface area contributed by atoms with Crippen LogP contribution in [0.2, 0.25) is 0 Å². The average Bonchev–Trinajstić information content (AvgIpc) is 3.25. The van der Waals surface area contributed by atoms with E-state index in [-0.39, 0.29) is 6.04 Å². The molecular weight excluding hydrogens is 426 g/mol. The fourth-order valence-electron chi connectivity index (χ4n) is 4.13. The zero-order valence-electron chi connectivity index (χ0n) is 20.6. The predicted molar refractivity (Wildman–Crippen MR) is 137 cm³/mol. The van der Waals surface area contributed by atoms with Crippen molar-refractivity contribution in [3.05, 3.63) is 60.6 Å². The maximum absolute atomic E-state index is 6.33. The summed E-state index contributed by atoms with van der Waals surface area (Å²) in [6.45, 7) is 11.4. The Morgan fingerprint density at radius 3 is 2.35 bits per heavy atom. The van der Waals surface area contributed by atoms with Gasteiger partial charge in [0.15, 0.2) is 0 Å². The summed E-state index contributed by atoms with van der Waals surface area (Å²) in [5.74, 6) is 2.81. The van der Waals surface area contributed by atoms with E-state index in [1.165, 1.54) is 6.33 Å². The van der Waals surface area contributed by atoms with Crippen molar-refractivity contribution >= 4 is 16.9 Å². The highest BCUT2D eigenvalue weighted by Crippen LogP contribution is 2.36. The van der Waals surface area contributed by atoms with Gasteiger partial charge in [0, 0.05) is 36.0 Å². The molecule has 0 amide bonds. The molecule has 2 aromatic heterocycles. The van der Waals surface area contributed by atoms with Crippen LogP contribution < -0.4 is 15.2 Å². The van der Waals surface area contributed by atoms with Crippen LogP contribution in [0.4, 0.5) is 5.82 Å². The number of rotatable bonds is 9. The number of ether oxygens (including phenoxy) is 2. The van der Waals surface area contributed by atoms with Gasteiger partial charge in [-0.1, -0.05) is 32.0 Å². The van der Waals surface area contributed by atoms with Gasteiger partial charge in [0.2, 0.25) is 0 Å². The van der Waals surface area contributed by atoms with E-state index in [0.29, 0.717) is 5.82 Å². The first kappa shape index (κ1) is 23.6. The SMILES string of the molecule is CCN(CC)Cc1ccc(OC)cc1Oc1ccc(-c2cn(C(C)C)c3ncnc(N)c23)cc1. The first-order chi connectivity index (χ1) is 16.4. The van der Waals surface area contributed by atoms with Crippen molar-refractivity contribution in [1.29, 1.82) is 0 Å². The van der Waals surface area contributed by atoms with Crippen LogP contribution in [0.5, 0.6) is 17.2 Å². The van der Waals surface area contributed by atoms with Crippen molar-refractivity contribution < 1.29 is 9.47 Å². The Balaban J connectivity index is 1.66. The molecule has 0 bridgehead atoms. The van der Waals surface area contributed by atoms with E-state index in [1.54, 1.807) is 7.11 Å². The number of nitrogen functional groups attached to an aromatic ring is 1. The third-order valence-corrected chi connectivity index (χ3v) is 6.15. The van der Waals surface area contributed by atoms with Gasteiger partial charge < -0.3 is 19.8 Å². The zero-order valence-corrected chi connectivity index (χ0v) is 20.6. The van der Waals surface area contributed by atoms with E-state index in [1.807, 2.05) is 36.4 Å². The van der Waals surface area contributed by atoms with Gasteiger partial charge in [-0.25, -0.2) is 9.97 Å². The molecule has 34 heavy (non-hydrogen) atoms. The number of fused-ring (bicyclic) bond motifs is 1. The van der Waals surface area contributed by atoms with E-state index in [9.17, 15) is 0 Å². The quantitative estimate of drug-likeness (QED) is 0.335. The standard InChI is InChI=1S/C27H33N5O2/c1-6-31(7-2)15-20-10-13-22(33-5)14-24(20)34-21-11-8-19(9-12-21)23-16-32(18(3)4)27-25(23)26(28)29-17-30-27/h8-14,16-18H,6-7,15H2,1-5H3,(H2,28,29,30). The summed E-state index contributed by atoms with van der Waals surface area (Å²) in [4.78, 5) is 11.0. The average molecular weight is 460 g/mol. The number of nitrogens with zero attached hydrogens (tertiary/aromatic N) is 4. The van der Waals surface area contributed by atoms with Crippen molar-refractivity contribution in [2.75, 3.05) is 25.9 Å². The van der Waals surface area contributed by atoms with Gasteiger partial charge in [-0.2, -0.15) is 0 Å². The molecule has 2 N–H and O–H groups in total. The van der Waals surface area contributed by atoms with Crippen molar-refractivity contribution in [1.82, 2.24) is 19.4 Å². The highest BCUT2D eigenvalue weighted by atomic mass is 16.5. The topological polar surface area (TPSA) is 78.4 Å². The van der Waals surface area contributed by atoms with Crippen LogP contribution in [-0.2, 0) is 6.54 Å². The summed E-state index contributed by atoms with van der Waals surface area (Å²) in [5.41, 5.74) is 10.3. The van der Waals surface area contributed by atoms with Crippen molar-refractivity contribution in [2.45, 2.75) is 40.3 Å². The van der Waals surface area contributed by atoms with E-state index in [4.69, 9.17) is 15.2 Å². The second kappa shape index (κ2) is 10.1. The number of benzene rings is 2. The van der Waals surface area contributed by atoms with E-state index >= 15 is 0 Å². The Bertz CT molecular complexity index is 1260. The number of hydrogen-bond acceptors (Lipinski definition) is 6. The number of aromatic nitrogens is 3. The summed E-state index contributed by atoms with van der Waals surface area (Å²) in [5, 5.41) is 0.874. The second-order valence-electron chi connectivity index (χ2n) is 8.56. The third-order valence-electron chi connectivity index (χ3n) is 6.15. The summed E-state index contributed by atoms with van der Waals surface area (Å²) in [6, 6.07) is 14.3. The Morgan fingerprint density at radius 1 is 1.00 bits per heavy atom. The number of methoxy groups -OCH3 is 1. The lowest BCUT2D eigenvalue weighted by molar-refractivity contribution is 0.291. The Hall–Kier alpha value is -3.58. The summed E-state index contributed by atoms with van der Waals surface area (Å²) in [6.07, 6.45) is 3.61. The number of hydrogen-bond donors (Lipinski definition) is 1. The molecule has 0 fully saturated rings. The van der Waals surface area contributed by atoms with Crippen LogP contribution in [0.15, 0.2) is 55.0 Å². The van der Waals surface area contributed by atoms with Gasteiger partial charge >= 0.3 is 0 Å². The molecule has 0 unspecified atom stereocenters. The number of nitrogens with two attached hydrogens (primary N) is 1. The lowest BCUT2D eigenvalue weighted by Crippen LogP contribution is -2.22. The van der Waals surface area contributed by atoms with Gasteiger partial charge in [-0.05, 0) is 50.7 Å². The lowest BCUT2D eigenvalue weighted by atomic mass is 10.1. The maximum atomic E-state index is 6.33. The minimum atomic E-state index is 0.255. The minimum absolute atomic E-state index is 0.255. The molecule has 178 valence electrons. The molecular formula is C27H33N5O2. The van der Waals surface area contributed by atoms with E-state index < -0.39 is 0 Å². The molecule has 0 saturated heterocycles. The van der Waals surface area contributed by atoms with Crippen molar-refractivity contribution in [2.24, 2.45) is 0 Å². The smallest absolute Gasteiger partial charge is 0.146 e. The van der Waals surface area contributed by atoms with Crippen LogP contribution >= 0.6 is 0 Å². The number of anilines is 1. The highest BCUT2D eigenvalue weighted by molar-refractivity contribution is 6.00. The zero-order chi connectivity index (χ0) is 24.2. The van der Waals surface area contributed by atoms with Crippen LogP contribution in [0.25, 0.3) is 22.2 Å². The predicted octanol–water partition coefficient (Wildman–Crippen LogP) is 5.90. The Kier molecular flexibility index (Phi) is 7.03. The molecule has 0 aliphatic carbocycles. The lowest BCUT2D eigenvalue weighted by Gasteiger charge is -2.20. The third kappa shape index (κ3) is 4.70. The summed E-state index contributed by atoms with van der Waals surface area (Å²) >= 11 is 0. The first-order valence-electron chi connectivity index (χ1n) is 11.7. The van der Waals surface area contributed by atoms with E-state index in [0.717, 1.165) is 64.6 Å². The Morgan fingerprint density at radius 2 is 1.71 bits per heavy atom. The monoisotopic (exact) mass is 459 g/mol. The molecule has 0 aliphatic rings. The molecule has 4 rings (SSSR count). The second-order valence-corrected chi connectivity index (χ2v) is 8.56. The summed E-state index contributed by atoms with van der Waals surface area (Å²) < 4.78 is 13.9. The van der Waals surface area contributed by atoms with Gasteiger partial charge in [-0.3, -0.25) is 4.90 Å². The molecule has 7 heteroatoms. The molecule has 0 aliphatic heterocycles. The molecule has 2 aromatic carbocycles. The molecule has 4 aromatic rings. The molecule has 0 atom stereocenters. The van der Waals surface area contributed by atoms with Crippen molar-refractivity contribution in [3.63, 3.8) is 0 Å². The Labute approximate surface area is 201 Å². The van der Waals surface area contributed by atoms with Crippen LogP contribution in [0.3, 0.4) is 0 Å². The van der Waals surface area contributed by atoms with Gasteiger partial charge in [0.25, 0.3) is 0 Å². The van der Waals surface area contributed by atoms with Gasteiger partial charge in [0.05, 0.1) is 12.5 Å². The van der Waals surface area contributed by atoms with Crippen molar-refractivity contribution in [3.8, 4) is 28.4 Å². The fraction of sp³-hybridized carbons (Fsp3) is 0.333. The molecule has 7 nitrogen and oxygen atoms in total. The van der Waals surface area contributed by atoms with E-state index in [2.05, 4.69) is 59.4 Å². The highest BCUT2D eigenvalue weighted by Gasteiger charge is 2.17. The first-order valence-corrected chi connectivity index (χ1v) is 11.7. The molecule has 0 spiro atoms. The molecule has 0 saturated carbocycles. The summed E-state index contributed by atoms with van der Waals surface area (Å²) in [7, 11) is 1.67. The fourth-order valence-corrected chi connectivity index (χ4v) is 4.13. The van der Waals surface area contributed by atoms with Gasteiger partial charge in [-0.15, -0.1) is 0 Å². The van der Waals surface area contributed by atoms with Gasteiger partial charge in [0.1, 0.15) is 35.0 Å². The van der Waals surface area contributed by atoms with Crippen LogP contribution in [-0.4, -0.2) is 39.6 Å². The normalized spacial score (nSPS) is 11.5. The van der Waals surface area contributed by atoms with Crippen LogP contribution in [0, 0.1) is 0 Å².